The average molecular weight is 394 g/mol. The summed E-state index contributed by atoms with van der Waals surface area (Å²) in [5.41, 5.74) is 2.47. The molecular weight excluding hydrogens is 358 g/mol. The van der Waals surface area contributed by atoms with E-state index >= 15 is 0 Å². The minimum absolute atomic E-state index is 0.0308. The lowest BCUT2D eigenvalue weighted by molar-refractivity contribution is -0.138. The van der Waals surface area contributed by atoms with Gasteiger partial charge < -0.3 is 9.64 Å². The molecule has 0 aliphatic carbocycles. The summed E-state index contributed by atoms with van der Waals surface area (Å²) in [4.78, 5) is 14.6. The molecule has 1 aliphatic heterocycles. The maximum absolute atomic E-state index is 12.6. The number of carbonyl (C=O) groups is 1. The highest BCUT2D eigenvalue weighted by atomic mass is 16.5. The second kappa shape index (κ2) is 9.13. The largest absolute Gasteiger partial charge is 0.375 e. The standard InChI is InChI=1S/C26H35NO2/c1-21(28)27(24-15-18-29-25(2,3)20-24)17-16-26(4,23-13-9-6-10-14-23)19-22-11-7-5-8-12-22/h5-14,24H,15-20H2,1-4H3. The summed E-state index contributed by atoms with van der Waals surface area (Å²) in [6.45, 7) is 9.79. The molecule has 3 rings (SSSR count). The van der Waals surface area contributed by atoms with Crippen LogP contribution >= 0.6 is 0 Å². The Morgan fingerprint density at radius 2 is 1.72 bits per heavy atom. The number of hydrogen-bond acceptors (Lipinski definition) is 2. The Morgan fingerprint density at radius 1 is 1.10 bits per heavy atom. The lowest BCUT2D eigenvalue weighted by Gasteiger charge is -2.42. The second-order valence-corrected chi connectivity index (χ2v) is 9.31. The van der Waals surface area contributed by atoms with E-state index in [0.717, 1.165) is 38.8 Å². The van der Waals surface area contributed by atoms with Crippen LogP contribution in [0.15, 0.2) is 60.7 Å². The molecule has 29 heavy (non-hydrogen) atoms. The first kappa shape index (κ1) is 21.6. The molecule has 3 heteroatoms. The van der Waals surface area contributed by atoms with Gasteiger partial charge in [-0.05, 0) is 56.1 Å². The highest BCUT2D eigenvalue weighted by Crippen LogP contribution is 2.34. The second-order valence-electron chi connectivity index (χ2n) is 9.31. The van der Waals surface area contributed by atoms with E-state index in [4.69, 9.17) is 4.74 Å². The molecule has 1 amide bonds. The maximum Gasteiger partial charge on any atom is 0.219 e. The predicted octanol–water partition coefficient (Wildman–Crippen LogP) is 5.38. The van der Waals surface area contributed by atoms with E-state index < -0.39 is 0 Å². The molecule has 1 aliphatic rings. The summed E-state index contributed by atoms with van der Waals surface area (Å²) in [5.74, 6) is 0.169. The molecule has 2 aromatic rings. The maximum atomic E-state index is 12.6. The number of carbonyl (C=O) groups excluding carboxylic acids is 1. The lowest BCUT2D eigenvalue weighted by atomic mass is 9.74. The smallest absolute Gasteiger partial charge is 0.219 e. The molecule has 1 saturated heterocycles. The molecule has 2 atom stereocenters. The monoisotopic (exact) mass is 393 g/mol. The third-order valence-electron chi connectivity index (χ3n) is 6.33. The molecular formula is C26H35NO2. The van der Waals surface area contributed by atoms with Gasteiger partial charge in [-0.2, -0.15) is 0 Å². The minimum atomic E-state index is -0.163. The van der Waals surface area contributed by atoms with Gasteiger partial charge in [-0.25, -0.2) is 0 Å². The fraction of sp³-hybridized carbons (Fsp3) is 0.500. The van der Waals surface area contributed by atoms with Gasteiger partial charge in [0.05, 0.1) is 5.60 Å². The molecule has 0 spiro atoms. The van der Waals surface area contributed by atoms with Crippen LogP contribution < -0.4 is 0 Å². The molecule has 0 bridgehead atoms. The lowest BCUT2D eigenvalue weighted by Crippen LogP contribution is -2.49. The van der Waals surface area contributed by atoms with Gasteiger partial charge in [0.2, 0.25) is 5.91 Å². The molecule has 1 fully saturated rings. The quantitative estimate of drug-likeness (QED) is 0.632. The zero-order chi connectivity index (χ0) is 20.9. The van der Waals surface area contributed by atoms with Crippen LogP contribution in [-0.2, 0) is 21.4 Å². The van der Waals surface area contributed by atoms with Crippen LogP contribution in [0.5, 0.6) is 0 Å². The first-order chi connectivity index (χ1) is 13.8. The summed E-state index contributed by atoms with van der Waals surface area (Å²) in [7, 11) is 0. The number of ether oxygens (including phenoxy) is 1. The molecule has 156 valence electrons. The molecule has 2 unspecified atom stereocenters. The molecule has 0 N–H and O–H groups in total. The third kappa shape index (κ3) is 5.70. The molecule has 0 radical (unpaired) electrons. The van der Waals surface area contributed by atoms with Crippen LogP contribution in [0.3, 0.4) is 0 Å². The molecule has 1 heterocycles. The normalized spacial score (nSPS) is 20.6. The first-order valence-electron chi connectivity index (χ1n) is 10.8. The van der Waals surface area contributed by atoms with Gasteiger partial charge in [0.25, 0.3) is 0 Å². The topological polar surface area (TPSA) is 29.5 Å². The Balaban J connectivity index is 1.80. The summed E-state index contributed by atoms with van der Waals surface area (Å²) in [5, 5.41) is 0. The number of benzene rings is 2. The summed E-state index contributed by atoms with van der Waals surface area (Å²) in [6.07, 6.45) is 3.71. The van der Waals surface area contributed by atoms with Crippen LogP contribution in [0.25, 0.3) is 0 Å². The van der Waals surface area contributed by atoms with E-state index in [2.05, 4.69) is 86.3 Å². The van der Waals surface area contributed by atoms with E-state index in [1.54, 1.807) is 6.92 Å². The number of nitrogens with zero attached hydrogens (tertiary/aromatic N) is 1. The van der Waals surface area contributed by atoms with E-state index in [-0.39, 0.29) is 23.0 Å². The van der Waals surface area contributed by atoms with Crippen molar-refractivity contribution < 1.29 is 9.53 Å². The van der Waals surface area contributed by atoms with Crippen molar-refractivity contribution >= 4 is 5.91 Å². The molecule has 2 aromatic carbocycles. The number of amides is 1. The summed E-state index contributed by atoms with van der Waals surface area (Å²) in [6, 6.07) is 21.7. The van der Waals surface area contributed by atoms with E-state index in [1.807, 2.05) is 0 Å². The SMILES string of the molecule is CC(=O)N(CCC(C)(Cc1ccccc1)c1ccccc1)C1CCOC(C)(C)C1. The Kier molecular flexibility index (Phi) is 6.79. The Bertz CT molecular complexity index is 787. The van der Waals surface area contributed by atoms with Gasteiger partial charge in [0, 0.05) is 26.1 Å². The minimum Gasteiger partial charge on any atom is -0.375 e. The van der Waals surface area contributed by atoms with Crippen molar-refractivity contribution in [2.45, 2.75) is 70.4 Å². The van der Waals surface area contributed by atoms with E-state index in [0.29, 0.717) is 0 Å². The van der Waals surface area contributed by atoms with Crippen molar-refractivity contribution in [3.05, 3.63) is 71.8 Å². The Morgan fingerprint density at radius 3 is 2.31 bits per heavy atom. The van der Waals surface area contributed by atoms with Crippen LogP contribution in [0, 0.1) is 0 Å². The van der Waals surface area contributed by atoms with Crippen molar-refractivity contribution in [1.82, 2.24) is 4.90 Å². The van der Waals surface area contributed by atoms with Crippen molar-refractivity contribution in [3.8, 4) is 0 Å². The third-order valence-corrected chi connectivity index (χ3v) is 6.33. The van der Waals surface area contributed by atoms with Crippen molar-refractivity contribution in [3.63, 3.8) is 0 Å². The first-order valence-corrected chi connectivity index (χ1v) is 10.8. The van der Waals surface area contributed by atoms with Gasteiger partial charge in [0.15, 0.2) is 0 Å². The highest BCUT2D eigenvalue weighted by molar-refractivity contribution is 5.73. The molecule has 3 nitrogen and oxygen atoms in total. The summed E-state index contributed by atoms with van der Waals surface area (Å²) >= 11 is 0. The Labute approximate surface area is 176 Å². The number of hydrogen-bond donors (Lipinski definition) is 0. The van der Waals surface area contributed by atoms with Gasteiger partial charge in [0.1, 0.15) is 0 Å². The van der Waals surface area contributed by atoms with Crippen LogP contribution in [0.2, 0.25) is 0 Å². The summed E-state index contributed by atoms with van der Waals surface area (Å²) < 4.78 is 5.88. The van der Waals surface area contributed by atoms with Crippen LogP contribution in [0.1, 0.15) is 58.1 Å². The predicted molar refractivity (Wildman–Crippen MR) is 119 cm³/mol. The van der Waals surface area contributed by atoms with Gasteiger partial charge in [-0.15, -0.1) is 0 Å². The van der Waals surface area contributed by atoms with Crippen LogP contribution in [-0.4, -0.2) is 35.6 Å². The average Bonchev–Trinajstić information content (AvgIpc) is 2.68. The van der Waals surface area contributed by atoms with Crippen molar-refractivity contribution in [2.75, 3.05) is 13.2 Å². The zero-order valence-corrected chi connectivity index (χ0v) is 18.4. The van der Waals surface area contributed by atoms with Gasteiger partial charge in [-0.1, -0.05) is 67.6 Å². The highest BCUT2D eigenvalue weighted by Gasteiger charge is 2.35. The fourth-order valence-corrected chi connectivity index (χ4v) is 4.65. The Hall–Kier alpha value is -2.13. The zero-order valence-electron chi connectivity index (χ0n) is 18.4. The van der Waals surface area contributed by atoms with E-state index in [9.17, 15) is 4.79 Å². The van der Waals surface area contributed by atoms with E-state index in [1.165, 1.54) is 11.1 Å². The number of rotatable bonds is 7. The van der Waals surface area contributed by atoms with Gasteiger partial charge >= 0.3 is 0 Å². The van der Waals surface area contributed by atoms with Crippen molar-refractivity contribution in [1.29, 1.82) is 0 Å². The molecule has 0 saturated carbocycles. The molecule has 0 aromatic heterocycles. The van der Waals surface area contributed by atoms with Crippen LogP contribution in [0.4, 0.5) is 0 Å². The van der Waals surface area contributed by atoms with Crippen molar-refractivity contribution in [2.24, 2.45) is 0 Å². The fourth-order valence-electron chi connectivity index (χ4n) is 4.65. The van der Waals surface area contributed by atoms with Gasteiger partial charge in [-0.3, -0.25) is 4.79 Å².